The maximum absolute atomic E-state index is 11.7. The number of nitrogens with one attached hydrogen (secondary N) is 2. The molecule has 2 rings (SSSR count). The molecular formula is C11H18N4O. The predicted molar refractivity (Wildman–Crippen MR) is 62.0 cm³/mol. The van der Waals surface area contributed by atoms with E-state index < -0.39 is 0 Å². The maximum atomic E-state index is 11.7. The highest BCUT2D eigenvalue weighted by atomic mass is 16.1. The number of anilines is 1. The summed E-state index contributed by atoms with van der Waals surface area (Å²) in [6.45, 7) is 2.52. The first-order valence-corrected chi connectivity index (χ1v) is 5.77. The van der Waals surface area contributed by atoms with E-state index in [2.05, 4.69) is 15.5 Å². The van der Waals surface area contributed by atoms with E-state index in [9.17, 15) is 4.79 Å². The number of hydrogen-bond acceptors (Lipinski definition) is 3. The van der Waals surface area contributed by atoms with Crippen molar-refractivity contribution in [1.82, 2.24) is 15.5 Å². The summed E-state index contributed by atoms with van der Waals surface area (Å²) in [6.07, 6.45) is 5.01. The molecule has 0 atom stereocenters. The molecule has 1 amide bonds. The van der Waals surface area contributed by atoms with Gasteiger partial charge in [0.05, 0.1) is 11.4 Å². The summed E-state index contributed by atoms with van der Waals surface area (Å²) in [6, 6.07) is 0. The first kappa shape index (κ1) is 11.0. The van der Waals surface area contributed by atoms with Gasteiger partial charge in [0.15, 0.2) is 5.69 Å². The number of aryl methyl sites for hydroxylation is 1. The summed E-state index contributed by atoms with van der Waals surface area (Å²) in [4.78, 5) is 11.7. The van der Waals surface area contributed by atoms with Crippen molar-refractivity contribution >= 4 is 11.6 Å². The maximum Gasteiger partial charge on any atom is 0.273 e. The SMILES string of the molecule is Cc1[nH]nc(C(=O)NCCC2CCC2)c1N. The lowest BCUT2D eigenvalue weighted by atomic mass is 9.83. The number of aromatic nitrogens is 2. The Balaban J connectivity index is 1.80. The van der Waals surface area contributed by atoms with E-state index in [1.165, 1.54) is 19.3 Å². The Morgan fingerprint density at radius 1 is 1.62 bits per heavy atom. The molecule has 5 heteroatoms. The van der Waals surface area contributed by atoms with Crippen LogP contribution in [0.5, 0.6) is 0 Å². The first-order chi connectivity index (χ1) is 7.68. The topological polar surface area (TPSA) is 83.8 Å². The third kappa shape index (κ3) is 2.18. The third-order valence-corrected chi connectivity index (χ3v) is 3.27. The van der Waals surface area contributed by atoms with Crippen LogP contribution in [-0.2, 0) is 0 Å². The summed E-state index contributed by atoms with van der Waals surface area (Å²) in [5.41, 5.74) is 7.21. The molecule has 4 N–H and O–H groups in total. The molecular weight excluding hydrogens is 204 g/mol. The van der Waals surface area contributed by atoms with Gasteiger partial charge in [0.25, 0.3) is 5.91 Å². The normalized spacial score (nSPS) is 15.8. The van der Waals surface area contributed by atoms with Crippen LogP contribution in [0.1, 0.15) is 41.9 Å². The number of amides is 1. The summed E-state index contributed by atoms with van der Waals surface area (Å²) in [7, 11) is 0. The van der Waals surface area contributed by atoms with E-state index in [0.717, 1.165) is 24.6 Å². The predicted octanol–water partition coefficient (Wildman–Crippen LogP) is 1.22. The zero-order chi connectivity index (χ0) is 11.5. The molecule has 1 aliphatic rings. The van der Waals surface area contributed by atoms with Gasteiger partial charge in [0.1, 0.15) is 0 Å². The number of carbonyl (C=O) groups excluding carboxylic acids is 1. The second-order valence-corrected chi connectivity index (χ2v) is 4.45. The molecule has 1 fully saturated rings. The van der Waals surface area contributed by atoms with Gasteiger partial charge in [-0.3, -0.25) is 9.89 Å². The Hall–Kier alpha value is -1.52. The quantitative estimate of drug-likeness (QED) is 0.716. The van der Waals surface area contributed by atoms with Gasteiger partial charge in [-0.25, -0.2) is 0 Å². The van der Waals surface area contributed by atoms with Crippen LogP contribution in [0.3, 0.4) is 0 Å². The van der Waals surface area contributed by atoms with Crippen LogP contribution in [0.4, 0.5) is 5.69 Å². The molecule has 0 aromatic carbocycles. The molecule has 16 heavy (non-hydrogen) atoms. The minimum atomic E-state index is -0.179. The molecule has 0 radical (unpaired) electrons. The number of hydrogen-bond donors (Lipinski definition) is 3. The Morgan fingerprint density at radius 2 is 2.38 bits per heavy atom. The van der Waals surface area contributed by atoms with Gasteiger partial charge in [-0.05, 0) is 19.3 Å². The fourth-order valence-electron chi connectivity index (χ4n) is 1.87. The molecule has 5 nitrogen and oxygen atoms in total. The Labute approximate surface area is 94.8 Å². The van der Waals surface area contributed by atoms with Gasteiger partial charge in [-0.15, -0.1) is 0 Å². The van der Waals surface area contributed by atoms with Crippen molar-refractivity contribution in [2.75, 3.05) is 12.3 Å². The highest BCUT2D eigenvalue weighted by Crippen LogP contribution is 2.28. The highest BCUT2D eigenvalue weighted by Gasteiger charge is 2.18. The average molecular weight is 222 g/mol. The zero-order valence-electron chi connectivity index (χ0n) is 9.55. The van der Waals surface area contributed by atoms with Crippen molar-refractivity contribution in [1.29, 1.82) is 0 Å². The lowest BCUT2D eigenvalue weighted by Gasteiger charge is -2.24. The van der Waals surface area contributed by atoms with Crippen molar-refractivity contribution in [3.63, 3.8) is 0 Å². The lowest BCUT2D eigenvalue weighted by Crippen LogP contribution is -2.28. The van der Waals surface area contributed by atoms with Gasteiger partial charge in [0, 0.05) is 6.54 Å². The molecule has 1 saturated carbocycles. The highest BCUT2D eigenvalue weighted by molar-refractivity contribution is 5.97. The second kappa shape index (κ2) is 4.55. The van der Waals surface area contributed by atoms with Crippen LogP contribution >= 0.6 is 0 Å². The molecule has 1 heterocycles. The van der Waals surface area contributed by atoms with Crippen LogP contribution in [0.15, 0.2) is 0 Å². The number of nitrogens with two attached hydrogens (primary N) is 1. The van der Waals surface area contributed by atoms with Gasteiger partial charge < -0.3 is 11.1 Å². The summed E-state index contributed by atoms with van der Waals surface area (Å²) < 4.78 is 0. The molecule has 0 spiro atoms. The monoisotopic (exact) mass is 222 g/mol. The molecule has 0 saturated heterocycles. The van der Waals surface area contributed by atoms with Crippen molar-refractivity contribution in [3.05, 3.63) is 11.4 Å². The van der Waals surface area contributed by atoms with Crippen LogP contribution in [0.2, 0.25) is 0 Å². The van der Waals surface area contributed by atoms with Crippen LogP contribution in [-0.4, -0.2) is 22.6 Å². The van der Waals surface area contributed by atoms with Crippen LogP contribution in [0.25, 0.3) is 0 Å². The number of H-pyrrole nitrogens is 1. The lowest BCUT2D eigenvalue weighted by molar-refractivity contribution is 0.0945. The molecule has 1 aromatic rings. The summed E-state index contributed by atoms with van der Waals surface area (Å²) >= 11 is 0. The smallest absolute Gasteiger partial charge is 0.273 e. The number of rotatable bonds is 4. The Morgan fingerprint density at radius 3 is 2.88 bits per heavy atom. The van der Waals surface area contributed by atoms with Gasteiger partial charge in [-0.1, -0.05) is 19.3 Å². The minimum Gasteiger partial charge on any atom is -0.395 e. The Kier molecular flexibility index (Phi) is 3.12. The summed E-state index contributed by atoms with van der Waals surface area (Å²) in [5, 5.41) is 9.44. The van der Waals surface area contributed by atoms with E-state index in [1.807, 2.05) is 0 Å². The minimum absolute atomic E-state index is 0.179. The van der Waals surface area contributed by atoms with E-state index >= 15 is 0 Å². The molecule has 0 aliphatic heterocycles. The summed E-state index contributed by atoms with van der Waals surface area (Å²) in [5.74, 6) is 0.625. The van der Waals surface area contributed by atoms with E-state index in [4.69, 9.17) is 5.73 Å². The van der Waals surface area contributed by atoms with Gasteiger partial charge >= 0.3 is 0 Å². The molecule has 1 aromatic heterocycles. The van der Waals surface area contributed by atoms with Crippen molar-refractivity contribution < 1.29 is 4.79 Å². The molecule has 88 valence electrons. The Bertz CT molecular complexity index is 381. The third-order valence-electron chi connectivity index (χ3n) is 3.27. The van der Waals surface area contributed by atoms with E-state index in [-0.39, 0.29) is 5.91 Å². The molecule has 1 aliphatic carbocycles. The number of aromatic amines is 1. The molecule has 0 bridgehead atoms. The first-order valence-electron chi connectivity index (χ1n) is 5.77. The zero-order valence-corrected chi connectivity index (χ0v) is 9.55. The number of carbonyl (C=O) groups is 1. The fraction of sp³-hybridized carbons (Fsp3) is 0.636. The van der Waals surface area contributed by atoms with Crippen molar-refractivity contribution in [2.24, 2.45) is 5.92 Å². The van der Waals surface area contributed by atoms with Crippen molar-refractivity contribution in [2.45, 2.75) is 32.6 Å². The number of nitrogens with zero attached hydrogens (tertiary/aromatic N) is 1. The van der Waals surface area contributed by atoms with E-state index in [0.29, 0.717) is 11.4 Å². The van der Waals surface area contributed by atoms with Gasteiger partial charge in [-0.2, -0.15) is 5.10 Å². The number of nitrogen functional groups attached to an aromatic ring is 1. The largest absolute Gasteiger partial charge is 0.395 e. The van der Waals surface area contributed by atoms with Crippen LogP contribution in [0, 0.1) is 12.8 Å². The molecule has 0 unspecified atom stereocenters. The standard InChI is InChI=1S/C11H18N4O/c1-7-9(12)10(15-14-7)11(16)13-6-5-8-3-2-4-8/h8H,2-6,12H2,1H3,(H,13,16)(H,14,15). The van der Waals surface area contributed by atoms with E-state index in [1.54, 1.807) is 6.92 Å². The average Bonchev–Trinajstić information content (AvgIpc) is 2.52. The fourth-order valence-corrected chi connectivity index (χ4v) is 1.87. The van der Waals surface area contributed by atoms with Crippen LogP contribution < -0.4 is 11.1 Å². The van der Waals surface area contributed by atoms with Gasteiger partial charge in [0.2, 0.25) is 0 Å². The second-order valence-electron chi connectivity index (χ2n) is 4.45. The van der Waals surface area contributed by atoms with Crippen molar-refractivity contribution in [3.8, 4) is 0 Å².